The number of anilines is 1. The highest BCUT2D eigenvalue weighted by molar-refractivity contribution is 5.96. The van der Waals surface area contributed by atoms with Gasteiger partial charge in [-0.1, -0.05) is 0 Å². The summed E-state index contributed by atoms with van der Waals surface area (Å²) in [5, 5.41) is 0. The van der Waals surface area contributed by atoms with Gasteiger partial charge in [0.25, 0.3) is 0 Å². The zero-order valence-corrected chi connectivity index (χ0v) is 11.2. The van der Waals surface area contributed by atoms with Crippen molar-refractivity contribution >= 4 is 17.9 Å². The van der Waals surface area contributed by atoms with Gasteiger partial charge in [0, 0.05) is 23.7 Å². The number of aldehydes is 1. The average Bonchev–Trinajstić information content (AvgIpc) is 3.06. The van der Waals surface area contributed by atoms with Crippen LogP contribution in [0.4, 0.5) is 5.69 Å². The summed E-state index contributed by atoms with van der Waals surface area (Å²) in [5.41, 5.74) is 1.80. The Kier molecular flexibility index (Phi) is 3.14. The molecule has 1 aliphatic rings. The third-order valence-corrected chi connectivity index (χ3v) is 3.66. The maximum absolute atomic E-state index is 11.9. The minimum Gasteiger partial charge on any atom is -0.453 e. The Morgan fingerprint density at radius 1 is 1.20 bits per heavy atom. The number of nitrogens with zero attached hydrogens (tertiary/aromatic N) is 1. The van der Waals surface area contributed by atoms with E-state index in [1.807, 2.05) is 29.2 Å². The second-order valence-corrected chi connectivity index (χ2v) is 5.02. The molecule has 1 aromatic heterocycles. The summed E-state index contributed by atoms with van der Waals surface area (Å²) in [7, 11) is 0. The first-order chi connectivity index (χ1) is 9.69. The van der Waals surface area contributed by atoms with Crippen LogP contribution >= 0.6 is 0 Å². The summed E-state index contributed by atoms with van der Waals surface area (Å²) in [6, 6.07) is 11.3. The van der Waals surface area contributed by atoms with Crippen molar-refractivity contribution in [3.05, 3.63) is 42.2 Å². The lowest BCUT2D eigenvalue weighted by atomic mass is 10.1. The van der Waals surface area contributed by atoms with Gasteiger partial charge >= 0.3 is 0 Å². The molecule has 1 fully saturated rings. The minimum absolute atomic E-state index is 0.173. The molecule has 3 rings (SSSR count). The Morgan fingerprint density at radius 2 is 1.95 bits per heavy atom. The van der Waals surface area contributed by atoms with E-state index >= 15 is 0 Å². The van der Waals surface area contributed by atoms with E-state index < -0.39 is 0 Å². The largest absolute Gasteiger partial charge is 0.453 e. The Balaban J connectivity index is 1.87. The number of furan rings is 1. The predicted molar refractivity (Wildman–Crippen MR) is 75.7 cm³/mol. The van der Waals surface area contributed by atoms with Gasteiger partial charge in [-0.15, -0.1) is 0 Å². The summed E-state index contributed by atoms with van der Waals surface area (Å²) in [6.07, 6.45) is 2.20. The van der Waals surface area contributed by atoms with E-state index in [4.69, 9.17) is 4.42 Å². The lowest BCUT2D eigenvalue weighted by Crippen LogP contribution is -2.30. The van der Waals surface area contributed by atoms with Gasteiger partial charge < -0.3 is 9.32 Å². The van der Waals surface area contributed by atoms with E-state index in [1.165, 1.54) is 0 Å². The number of carbonyl (C=O) groups excluding carboxylic acids is 2. The van der Waals surface area contributed by atoms with E-state index in [2.05, 4.69) is 6.92 Å². The SMILES string of the molecule is CC1CCC(=O)N1c1ccc(-c2ccc(C=O)o2)cc1. The number of hydrogen-bond acceptors (Lipinski definition) is 3. The highest BCUT2D eigenvalue weighted by Crippen LogP contribution is 2.29. The van der Waals surface area contributed by atoms with Gasteiger partial charge in [-0.2, -0.15) is 0 Å². The van der Waals surface area contributed by atoms with Crippen LogP contribution in [0, 0.1) is 0 Å². The number of benzene rings is 1. The molecule has 0 spiro atoms. The molecule has 0 aliphatic carbocycles. The molecule has 1 unspecified atom stereocenters. The fraction of sp³-hybridized carbons (Fsp3) is 0.250. The van der Waals surface area contributed by atoms with E-state index in [0.717, 1.165) is 17.7 Å². The fourth-order valence-electron chi connectivity index (χ4n) is 2.58. The number of hydrogen-bond donors (Lipinski definition) is 0. The highest BCUT2D eigenvalue weighted by Gasteiger charge is 2.28. The van der Waals surface area contributed by atoms with Crippen LogP contribution in [-0.4, -0.2) is 18.2 Å². The van der Waals surface area contributed by atoms with Gasteiger partial charge in [-0.05, 0) is 49.7 Å². The maximum atomic E-state index is 11.9. The summed E-state index contributed by atoms with van der Waals surface area (Å²) in [5.74, 6) is 1.14. The molecule has 2 aromatic rings. The molecular weight excluding hydrogens is 254 g/mol. The van der Waals surface area contributed by atoms with Crippen molar-refractivity contribution in [3.8, 4) is 11.3 Å². The molecule has 1 atom stereocenters. The van der Waals surface area contributed by atoms with Gasteiger partial charge in [-0.3, -0.25) is 9.59 Å². The molecule has 0 saturated carbocycles. The molecular formula is C16H15NO3. The molecule has 1 amide bonds. The fourth-order valence-corrected chi connectivity index (χ4v) is 2.58. The van der Waals surface area contributed by atoms with Crippen LogP contribution in [0.15, 0.2) is 40.8 Å². The molecule has 2 heterocycles. The molecule has 20 heavy (non-hydrogen) atoms. The number of rotatable bonds is 3. The lowest BCUT2D eigenvalue weighted by Gasteiger charge is -2.21. The van der Waals surface area contributed by atoms with Gasteiger partial charge in [0.05, 0.1) is 0 Å². The number of amides is 1. The zero-order chi connectivity index (χ0) is 14.1. The number of carbonyl (C=O) groups is 2. The van der Waals surface area contributed by atoms with Crippen molar-refractivity contribution in [2.75, 3.05) is 4.90 Å². The van der Waals surface area contributed by atoms with Gasteiger partial charge in [0.15, 0.2) is 12.0 Å². The van der Waals surface area contributed by atoms with Crippen molar-refractivity contribution in [1.29, 1.82) is 0 Å². The zero-order valence-electron chi connectivity index (χ0n) is 11.2. The molecule has 102 valence electrons. The maximum Gasteiger partial charge on any atom is 0.227 e. The van der Waals surface area contributed by atoms with Crippen LogP contribution in [0.5, 0.6) is 0 Å². The normalized spacial score (nSPS) is 18.6. The predicted octanol–water partition coefficient (Wildman–Crippen LogP) is 3.27. The van der Waals surface area contributed by atoms with Crippen molar-refractivity contribution in [1.82, 2.24) is 0 Å². The van der Waals surface area contributed by atoms with Crippen LogP contribution in [0.2, 0.25) is 0 Å². The van der Waals surface area contributed by atoms with Crippen molar-refractivity contribution < 1.29 is 14.0 Å². The van der Waals surface area contributed by atoms with E-state index in [9.17, 15) is 9.59 Å². The van der Waals surface area contributed by atoms with Crippen LogP contribution < -0.4 is 4.90 Å². The third-order valence-electron chi connectivity index (χ3n) is 3.66. The molecule has 0 radical (unpaired) electrons. The summed E-state index contributed by atoms with van der Waals surface area (Å²) < 4.78 is 5.38. The van der Waals surface area contributed by atoms with Crippen LogP contribution in [0.1, 0.15) is 30.3 Å². The smallest absolute Gasteiger partial charge is 0.227 e. The molecule has 4 heteroatoms. The minimum atomic E-state index is 0.173. The quantitative estimate of drug-likeness (QED) is 0.803. The molecule has 1 aliphatic heterocycles. The molecule has 1 aromatic carbocycles. The van der Waals surface area contributed by atoms with Gasteiger partial charge in [0.2, 0.25) is 5.91 Å². The average molecular weight is 269 g/mol. The molecule has 4 nitrogen and oxygen atoms in total. The molecule has 1 saturated heterocycles. The van der Waals surface area contributed by atoms with Crippen molar-refractivity contribution in [2.24, 2.45) is 0 Å². The summed E-state index contributed by atoms with van der Waals surface area (Å²) in [6.45, 7) is 2.06. The van der Waals surface area contributed by atoms with Gasteiger partial charge in [-0.25, -0.2) is 0 Å². The Bertz CT molecular complexity index is 642. The third kappa shape index (κ3) is 2.13. The van der Waals surface area contributed by atoms with Crippen LogP contribution in [-0.2, 0) is 4.79 Å². The molecule has 0 bridgehead atoms. The monoisotopic (exact) mass is 269 g/mol. The molecule has 0 N–H and O–H groups in total. The first kappa shape index (κ1) is 12.7. The second kappa shape index (κ2) is 4.96. The van der Waals surface area contributed by atoms with E-state index in [1.54, 1.807) is 12.1 Å². The highest BCUT2D eigenvalue weighted by atomic mass is 16.3. The summed E-state index contributed by atoms with van der Waals surface area (Å²) in [4.78, 5) is 24.3. The first-order valence-electron chi connectivity index (χ1n) is 6.66. The van der Waals surface area contributed by atoms with Crippen LogP contribution in [0.25, 0.3) is 11.3 Å². The van der Waals surface area contributed by atoms with Crippen LogP contribution in [0.3, 0.4) is 0 Å². The Morgan fingerprint density at radius 3 is 2.50 bits per heavy atom. The Labute approximate surface area is 117 Å². The summed E-state index contributed by atoms with van der Waals surface area (Å²) >= 11 is 0. The standard InChI is InChI=1S/C16H15NO3/c1-11-2-9-16(19)17(11)13-5-3-12(4-6-13)15-8-7-14(10-18)20-15/h3-8,10-11H,2,9H2,1H3. The topological polar surface area (TPSA) is 50.5 Å². The first-order valence-corrected chi connectivity index (χ1v) is 6.66. The lowest BCUT2D eigenvalue weighted by molar-refractivity contribution is -0.117. The second-order valence-electron chi connectivity index (χ2n) is 5.02. The van der Waals surface area contributed by atoms with E-state index in [0.29, 0.717) is 24.2 Å². The van der Waals surface area contributed by atoms with Gasteiger partial charge in [0.1, 0.15) is 5.76 Å². The van der Waals surface area contributed by atoms with Crippen molar-refractivity contribution in [3.63, 3.8) is 0 Å². The van der Waals surface area contributed by atoms with E-state index in [-0.39, 0.29) is 11.9 Å². The van der Waals surface area contributed by atoms with Crippen molar-refractivity contribution in [2.45, 2.75) is 25.8 Å². The Hall–Kier alpha value is -2.36.